The zero-order chi connectivity index (χ0) is 18.5. The van der Waals surface area contributed by atoms with E-state index in [0.717, 1.165) is 29.0 Å². The minimum atomic E-state index is -0.0840. The molecule has 0 radical (unpaired) electrons. The summed E-state index contributed by atoms with van der Waals surface area (Å²) in [6.07, 6.45) is 0.874. The monoisotopic (exact) mass is 368 g/mol. The van der Waals surface area contributed by atoms with Crippen molar-refractivity contribution in [3.05, 3.63) is 59.7 Å². The topological polar surface area (TPSA) is 60.0 Å². The molecule has 0 saturated carbocycles. The number of nitrogens with zero attached hydrogens (tertiary/aromatic N) is 1. The van der Waals surface area contributed by atoms with Crippen molar-refractivity contribution in [2.24, 2.45) is 0 Å². The molecule has 2 aliphatic heterocycles. The van der Waals surface area contributed by atoms with Crippen LogP contribution >= 0.6 is 0 Å². The Labute approximate surface area is 159 Å². The number of nitrogens with one attached hydrogen (secondary N) is 1. The first kappa shape index (κ1) is 17.7. The van der Waals surface area contributed by atoms with Crippen molar-refractivity contribution in [1.29, 1.82) is 0 Å². The molecule has 1 fully saturated rings. The van der Waals surface area contributed by atoms with Crippen LogP contribution in [0.25, 0.3) is 0 Å². The van der Waals surface area contributed by atoms with E-state index in [4.69, 9.17) is 14.2 Å². The summed E-state index contributed by atoms with van der Waals surface area (Å²) in [4.78, 5) is 14.7. The molecule has 2 aliphatic rings. The summed E-state index contributed by atoms with van der Waals surface area (Å²) >= 11 is 0. The van der Waals surface area contributed by atoms with E-state index in [0.29, 0.717) is 39.5 Å². The number of carbonyl (C=O) groups is 1. The smallest absolute Gasteiger partial charge is 0.318 e. The second-order valence-corrected chi connectivity index (χ2v) is 6.69. The third-order valence-electron chi connectivity index (χ3n) is 4.83. The zero-order valence-electron chi connectivity index (χ0n) is 15.2. The summed E-state index contributed by atoms with van der Waals surface area (Å²) in [5, 5.41) is 3.03. The molecule has 2 heterocycles. The summed E-state index contributed by atoms with van der Waals surface area (Å²) in [7, 11) is 0. The van der Waals surface area contributed by atoms with Crippen molar-refractivity contribution < 1.29 is 19.0 Å². The summed E-state index contributed by atoms with van der Waals surface area (Å²) in [6.45, 7) is 3.40. The molecule has 142 valence electrons. The molecule has 27 heavy (non-hydrogen) atoms. The third kappa shape index (κ3) is 4.17. The molecule has 1 unspecified atom stereocenters. The second-order valence-electron chi connectivity index (χ2n) is 6.69. The average Bonchev–Trinajstić information content (AvgIpc) is 2.97. The van der Waals surface area contributed by atoms with Crippen LogP contribution in [-0.2, 0) is 11.3 Å². The first-order valence-electron chi connectivity index (χ1n) is 9.37. The number of amides is 2. The molecule has 6 heteroatoms. The van der Waals surface area contributed by atoms with Gasteiger partial charge in [0.25, 0.3) is 0 Å². The van der Waals surface area contributed by atoms with Gasteiger partial charge in [-0.15, -0.1) is 0 Å². The number of benzene rings is 2. The normalized spacial score (nSPS) is 19.3. The Morgan fingerprint density at radius 1 is 1.04 bits per heavy atom. The number of fused-ring (bicyclic) bond motifs is 1. The van der Waals surface area contributed by atoms with E-state index in [1.54, 1.807) is 0 Å². The lowest BCUT2D eigenvalue weighted by Gasteiger charge is -2.35. The first-order valence-corrected chi connectivity index (χ1v) is 9.37. The van der Waals surface area contributed by atoms with E-state index >= 15 is 0 Å². The Balaban J connectivity index is 1.41. The van der Waals surface area contributed by atoms with Crippen LogP contribution in [0, 0.1) is 0 Å². The number of hydrogen-bond acceptors (Lipinski definition) is 4. The predicted octanol–water partition coefficient (Wildman–Crippen LogP) is 3.13. The molecule has 2 amide bonds. The van der Waals surface area contributed by atoms with Gasteiger partial charge < -0.3 is 24.4 Å². The van der Waals surface area contributed by atoms with Crippen molar-refractivity contribution in [2.75, 3.05) is 33.0 Å². The molecule has 6 nitrogen and oxygen atoms in total. The minimum Gasteiger partial charge on any atom is -0.490 e. The fourth-order valence-corrected chi connectivity index (χ4v) is 3.39. The van der Waals surface area contributed by atoms with E-state index in [2.05, 4.69) is 5.32 Å². The van der Waals surface area contributed by atoms with Gasteiger partial charge in [0, 0.05) is 19.5 Å². The molecule has 1 saturated heterocycles. The first-order chi connectivity index (χ1) is 13.3. The lowest BCUT2D eigenvalue weighted by atomic mass is 10.1. The lowest BCUT2D eigenvalue weighted by Crippen LogP contribution is -2.47. The van der Waals surface area contributed by atoms with Gasteiger partial charge in [0.2, 0.25) is 0 Å². The number of ether oxygens (including phenoxy) is 3. The Kier molecular flexibility index (Phi) is 5.44. The maximum absolute atomic E-state index is 12.8. The summed E-state index contributed by atoms with van der Waals surface area (Å²) in [5.41, 5.74) is 2.07. The molecule has 0 bridgehead atoms. The Morgan fingerprint density at radius 3 is 2.70 bits per heavy atom. The van der Waals surface area contributed by atoms with Crippen molar-refractivity contribution >= 4 is 6.03 Å². The molecule has 0 spiro atoms. The highest BCUT2D eigenvalue weighted by atomic mass is 16.5. The summed E-state index contributed by atoms with van der Waals surface area (Å²) < 4.78 is 17.0. The fraction of sp³-hybridized carbons (Fsp3) is 0.381. The van der Waals surface area contributed by atoms with E-state index in [9.17, 15) is 4.79 Å². The van der Waals surface area contributed by atoms with Crippen LogP contribution in [0.3, 0.4) is 0 Å². The number of morpholine rings is 1. The molecule has 4 rings (SSSR count). The Bertz CT molecular complexity index is 781. The highest BCUT2D eigenvalue weighted by Gasteiger charge is 2.28. The van der Waals surface area contributed by atoms with Crippen molar-refractivity contribution in [3.63, 3.8) is 0 Å². The van der Waals surface area contributed by atoms with Gasteiger partial charge in [-0.05, 0) is 23.3 Å². The van der Waals surface area contributed by atoms with Gasteiger partial charge in [0.1, 0.15) is 0 Å². The molecule has 2 aromatic carbocycles. The van der Waals surface area contributed by atoms with Gasteiger partial charge in [-0.1, -0.05) is 36.4 Å². The largest absolute Gasteiger partial charge is 0.490 e. The van der Waals surface area contributed by atoms with Crippen LogP contribution in [0.1, 0.15) is 23.6 Å². The highest BCUT2D eigenvalue weighted by molar-refractivity contribution is 5.75. The highest BCUT2D eigenvalue weighted by Crippen LogP contribution is 2.30. The van der Waals surface area contributed by atoms with Crippen LogP contribution < -0.4 is 14.8 Å². The van der Waals surface area contributed by atoms with Crippen LogP contribution in [-0.4, -0.2) is 43.9 Å². The standard InChI is InChI=1S/C21H24N2O4/c24-21(23-9-12-25-15-18(23)17-5-2-1-3-6-17)22-14-16-7-8-19-20(13-16)27-11-4-10-26-19/h1-3,5-8,13,18H,4,9-12,14-15H2,(H,22,24). The van der Waals surface area contributed by atoms with Crippen molar-refractivity contribution in [3.8, 4) is 11.5 Å². The van der Waals surface area contributed by atoms with Crippen LogP contribution in [0.5, 0.6) is 11.5 Å². The van der Waals surface area contributed by atoms with Gasteiger partial charge in [-0.25, -0.2) is 4.79 Å². The minimum absolute atomic E-state index is 0.0660. The van der Waals surface area contributed by atoms with E-state index < -0.39 is 0 Å². The van der Waals surface area contributed by atoms with Gasteiger partial charge in [-0.3, -0.25) is 0 Å². The van der Waals surface area contributed by atoms with Gasteiger partial charge in [0.05, 0.1) is 32.5 Å². The van der Waals surface area contributed by atoms with Crippen molar-refractivity contribution in [2.45, 2.75) is 19.0 Å². The Hall–Kier alpha value is -2.73. The van der Waals surface area contributed by atoms with Crippen molar-refractivity contribution in [1.82, 2.24) is 10.2 Å². The summed E-state index contributed by atoms with van der Waals surface area (Å²) in [5.74, 6) is 1.51. The number of hydrogen-bond donors (Lipinski definition) is 1. The molecule has 2 aromatic rings. The molecule has 0 aromatic heterocycles. The Morgan fingerprint density at radius 2 is 1.85 bits per heavy atom. The predicted molar refractivity (Wildman–Crippen MR) is 101 cm³/mol. The molecule has 1 atom stereocenters. The molecular weight excluding hydrogens is 344 g/mol. The summed E-state index contributed by atoms with van der Waals surface area (Å²) in [6, 6.07) is 15.7. The number of rotatable bonds is 3. The average molecular weight is 368 g/mol. The second kappa shape index (κ2) is 8.31. The van der Waals surface area contributed by atoms with Crippen LogP contribution in [0.2, 0.25) is 0 Å². The van der Waals surface area contributed by atoms with E-state index in [1.807, 2.05) is 53.4 Å². The molecule has 0 aliphatic carbocycles. The third-order valence-corrected chi connectivity index (χ3v) is 4.83. The maximum Gasteiger partial charge on any atom is 0.318 e. The van der Waals surface area contributed by atoms with Gasteiger partial charge in [-0.2, -0.15) is 0 Å². The van der Waals surface area contributed by atoms with Crippen LogP contribution in [0.4, 0.5) is 4.79 Å². The zero-order valence-corrected chi connectivity index (χ0v) is 15.2. The van der Waals surface area contributed by atoms with Gasteiger partial charge >= 0.3 is 6.03 Å². The lowest BCUT2D eigenvalue weighted by molar-refractivity contribution is 0.0116. The van der Waals surface area contributed by atoms with E-state index in [1.165, 1.54) is 0 Å². The number of urea groups is 1. The maximum atomic E-state index is 12.8. The molecule has 1 N–H and O–H groups in total. The number of carbonyl (C=O) groups excluding carboxylic acids is 1. The van der Waals surface area contributed by atoms with Crippen LogP contribution in [0.15, 0.2) is 48.5 Å². The molecular formula is C21H24N2O4. The quantitative estimate of drug-likeness (QED) is 0.904. The fourth-order valence-electron chi connectivity index (χ4n) is 3.39. The van der Waals surface area contributed by atoms with Gasteiger partial charge in [0.15, 0.2) is 11.5 Å². The van der Waals surface area contributed by atoms with E-state index in [-0.39, 0.29) is 12.1 Å². The SMILES string of the molecule is O=C(NCc1ccc2c(c1)OCCCO2)N1CCOCC1c1ccccc1.